The summed E-state index contributed by atoms with van der Waals surface area (Å²) >= 11 is 0. The number of rotatable bonds is 4. The first kappa shape index (κ1) is 14.4. The smallest absolute Gasteiger partial charge is 0.251 e. The van der Waals surface area contributed by atoms with Gasteiger partial charge < -0.3 is 10.1 Å². The summed E-state index contributed by atoms with van der Waals surface area (Å²) in [7, 11) is 0. The average Bonchev–Trinajstić information content (AvgIpc) is 3.30. The summed E-state index contributed by atoms with van der Waals surface area (Å²) < 4.78 is 7.04. The summed E-state index contributed by atoms with van der Waals surface area (Å²) in [6.45, 7) is 1.03. The second-order valence-electron chi connectivity index (χ2n) is 5.43. The van der Waals surface area contributed by atoms with Crippen LogP contribution in [0.3, 0.4) is 0 Å². The zero-order chi connectivity index (χ0) is 16.4. The zero-order valence-electron chi connectivity index (χ0n) is 12.8. The van der Waals surface area contributed by atoms with Gasteiger partial charge in [-0.3, -0.25) is 4.79 Å². The minimum absolute atomic E-state index is 0.127. The van der Waals surface area contributed by atoms with Crippen molar-refractivity contribution in [2.45, 2.75) is 13.0 Å². The Morgan fingerprint density at radius 1 is 1.33 bits per heavy atom. The molecule has 7 heteroatoms. The minimum atomic E-state index is -0.127. The van der Waals surface area contributed by atoms with Crippen LogP contribution in [0.5, 0.6) is 5.75 Å². The first-order chi connectivity index (χ1) is 11.8. The molecular weight excluding hydrogens is 306 g/mol. The third kappa shape index (κ3) is 2.71. The third-order valence-electron chi connectivity index (χ3n) is 3.89. The lowest BCUT2D eigenvalue weighted by atomic mass is 10.1. The van der Waals surface area contributed by atoms with Crippen molar-refractivity contribution in [3.63, 3.8) is 0 Å². The largest absolute Gasteiger partial charge is 0.493 e. The molecular formula is C17H15N5O2. The summed E-state index contributed by atoms with van der Waals surface area (Å²) in [5, 5.41) is 7.02. The van der Waals surface area contributed by atoms with Gasteiger partial charge in [0.2, 0.25) is 0 Å². The van der Waals surface area contributed by atoms with Gasteiger partial charge in [0.05, 0.1) is 6.61 Å². The molecule has 7 nitrogen and oxygen atoms in total. The van der Waals surface area contributed by atoms with E-state index in [0.29, 0.717) is 24.5 Å². The van der Waals surface area contributed by atoms with Gasteiger partial charge in [0.1, 0.15) is 18.4 Å². The molecule has 0 unspecified atom stereocenters. The number of ether oxygens (including phenoxy) is 1. The van der Waals surface area contributed by atoms with E-state index < -0.39 is 0 Å². The quantitative estimate of drug-likeness (QED) is 0.788. The molecule has 120 valence electrons. The lowest BCUT2D eigenvalue weighted by Gasteiger charge is -2.10. The molecule has 3 aromatic rings. The number of benzene rings is 1. The van der Waals surface area contributed by atoms with Gasteiger partial charge in [0, 0.05) is 30.3 Å². The van der Waals surface area contributed by atoms with Gasteiger partial charge >= 0.3 is 0 Å². The van der Waals surface area contributed by atoms with Gasteiger partial charge in [0.25, 0.3) is 5.91 Å². The number of fused-ring (bicyclic) bond motifs is 1. The second kappa shape index (κ2) is 6.11. The summed E-state index contributed by atoms with van der Waals surface area (Å²) in [5.41, 5.74) is 2.57. The highest BCUT2D eigenvalue weighted by Crippen LogP contribution is 2.25. The van der Waals surface area contributed by atoms with Crippen molar-refractivity contribution in [2.24, 2.45) is 0 Å². The predicted octanol–water partition coefficient (Wildman–Crippen LogP) is 1.53. The Labute approximate surface area is 138 Å². The molecule has 0 saturated carbocycles. The Morgan fingerprint density at radius 3 is 3.17 bits per heavy atom. The summed E-state index contributed by atoms with van der Waals surface area (Å²) in [6, 6.07) is 9.25. The van der Waals surface area contributed by atoms with Gasteiger partial charge in [-0.25, -0.2) is 14.6 Å². The fourth-order valence-corrected chi connectivity index (χ4v) is 2.70. The number of hydrogen-bond donors (Lipinski definition) is 1. The maximum atomic E-state index is 12.4. The molecule has 1 aliphatic heterocycles. The van der Waals surface area contributed by atoms with Gasteiger partial charge in [-0.1, -0.05) is 6.07 Å². The molecule has 0 atom stereocenters. The van der Waals surface area contributed by atoms with Crippen molar-refractivity contribution < 1.29 is 9.53 Å². The van der Waals surface area contributed by atoms with Gasteiger partial charge in [-0.05, 0) is 29.8 Å². The molecule has 4 rings (SSSR count). The first-order valence-electron chi connectivity index (χ1n) is 7.64. The van der Waals surface area contributed by atoms with E-state index in [9.17, 15) is 4.79 Å². The SMILES string of the molecule is O=C(NCc1cccnc1-n1cncn1)c1ccc2c(c1)CCO2. The van der Waals surface area contributed by atoms with Crippen molar-refractivity contribution in [1.82, 2.24) is 25.1 Å². The lowest BCUT2D eigenvalue weighted by molar-refractivity contribution is 0.0951. The second-order valence-corrected chi connectivity index (χ2v) is 5.43. The minimum Gasteiger partial charge on any atom is -0.493 e. The van der Waals surface area contributed by atoms with Crippen molar-refractivity contribution >= 4 is 5.91 Å². The van der Waals surface area contributed by atoms with Crippen LogP contribution in [0.4, 0.5) is 0 Å². The molecule has 0 radical (unpaired) electrons. The number of pyridine rings is 1. The molecule has 2 aromatic heterocycles. The number of nitrogens with one attached hydrogen (secondary N) is 1. The van der Waals surface area contributed by atoms with Gasteiger partial charge in [0.15, 0.2) is 5.82 Å². The maximum Gasteiger partial charge on any atom is 0.251 e. The highest BCUT2D eigenvalue weighted by atomic mass is 16.5. The fourth-order valence-electron chi connectivity index (χ4n) is 2.70. The maximum absolute atomic E-state index is 12.4. The summed E-state index contributed by atoms with van der Waals surface area (Å²) in [4.78, 5) is 20.6. The molecule has 3 heterocycles. The van der Waals surface area contributed by atoms with E-state index in [0.717, 1.165) is 23.3 Å². The number of aromatic nitrogens is 4. The van der Waals surface area contributed by atoms with Gasteiger partial charge in [-0.15, -0.1) is 0 Å². The van der Waals surface area contributed by atoms with Crippen LogP contribution < -0.4 is 10.1 Å². The fraction of sp³-hybridized carbons (Fsp3) is 0.176. The number of hydrogen-bond acceptors (Lipinski definition) is 5. The van der Waals surface area contributed by atoms with Crippen LogP contribution >= 0.6 is 0 Å². The topological polar surface area (TPSA) is 81.9 Å². The molecule has 1 amide bonds. The zero-order valence-corrected chi connectivity index (χ0v) is 12.8. The van der Waals surface area contributed by atoms with Crippen LogP contribution in [-0.2, 0) is 13.0 Å². The molecule has 0 spiro atoms. The van der Waals surface area contributed by atoms with Crippen molar-refractivity contribution in [3.05, 3.63) is 65.9 Å². The van der Waals surface area contributed by atoms with E-state index in [4.69, 9.17) is 4.74 Å². The Balaban J connectivity index is 1.50. The van der Waals surface area contributed by atoms with Crippen LogP contribution in [0.15, 0.2) is 49.2 Å². The van der Waals surface area contributed by atoms with Crippen molar-refractivity contribution in [2.75, 3.05) is 6.61 Å². The Morgan fingerprint density at radius 2 is 2.29 bits per heavy atom. The Bertz CT molecular complexity index is 876. The number of carbonyl (C=O) groups is 1. The molecule has 0 fully saturated rings. The van der Waals surface area contributed by atoms with Crippen LogP contribution in [0.25, 0.3) is 5.82 Å². The Kier molecular flexibility index (Phi) is 3.66. The molecule has 0 bridgehead atoms. The first-order valence-corrected chi connectivity index (χ1v) is 7.64. The number of carbonyl (C=O) groups excluding carboxylic acids is 1. The van der Waals surface area contributed by atoms with E-state index in [-0.39, 0.29) is 5.91 Å². The summed E-state index contributed by atoms with van der Waals surface area (Å²) in [6.07, 6.45) is 5.55. The van der Waals surface area contributed by atoms with E-state index in [1.807, 2.05) is 24.3 Å². The monoisotopic (exact) mass is 321 g/mol. The number of nitrogens with zero attached hydrogens (tertiary/aromatic N) is 4. The Hall–Kier alpha value is -3.22. The highest BCUT2D eigenvalue weighted by molar-refractivity contribution is 5.94. The molecule has 1 aliphatic rings. The van der Waals surface area contributed by atoms with Gasteiger partial charge in [-0.2, -0.15) is 5.10 Å². The van der Waals surface area contributed by atoms with Crippen LogP contribution in [-0.4, -0.2) is 32.3 Å². The molecule has 24 heavy (non-hydrogen) atoms. The predicted molar refractivity (Wildman–Crippen MR) is 86.0 cm³/mol. The molecule has 1 aromatic carbocycles. The molecule has 0 saturated heterocycles. The lowest BCUT2D eigenvalue weighted by Crippen LogP contribution is -2.24. The summed E-state index contributed by atoms with van der Waals surface area (Å²) in [5.74, 6) is 1.39. The average molecular weight is 321 g/mol. The van der Waals surface area contributed by atoms with E-state index in [2.05, 4.69) is 20.4 Å². The molecule has 0 aliphatic carbocycles. The molecule has 1 N–H and O–H groups in total. The van der Waals surface area contributed by atoms with Crippen molar-refractivity contribution in [3.8, 4) is 11.6 Å². The van der Waals surface area contributed by atoms with Crippen molar-refractivity contribution in [1.29, 1.82) is 0 Å². The number of amides is 1. The van der Waals surface area contributed by atoms with E-state index >= 15 is 0 Å². The van der Waals surface area contributed by atoms with Crippen LogP contribution in [0.1, 0.15) is 21.5 Å². The van der Waals surface area contributed by atoms with E-state index in [1.54, 1.807) is 23.3 Å². The van der Waals surface area contributed by atoms with Crippen LogP contribution in [0, 0.1) is 0 Å². The standard InChI is InChI=1S/C17H15N5O2/c23-17(13-3-4-15-12(8-13)5-7-24-15)20-9-14-2-1-6-19-16(14)22-11-18-10-21-22/h1-4,6,8,10-11H,5,7,9H2,(H,20,23). The third-order valence-corrected chi connectivity index (χ3v) is 3.89. The van der Waals surface area contributed by atoms with Crippen LogP contribution in [0.2, 0.25) is 0 Å². The highest BCUT2D eigenvalue weighted by Gasteiger charge is 2.15. The van der Waals surface area contributed by atoms with E-state index in [1.165, 1.54) is 6.33 Å². The normalized spacial score (nSPS) is 12.5.